The van der Waals surface area contributed by atoms with Crippen molar-refractivity contribution in [1.82, 2.24) is 14.8 Å². The molecule has 0 atom stereocenters. The number of nitrogens with zero attached hydrogens (tertiary/aromatic N) is 2. The zero-order valence-electron chi connectivity index (χ0n) is 18.6. The van der Waals surface area contributed by atoms with Crippen LogP contribution in [0.2, 0.25) is 0 Å². The van der Waals surface area contributed by atoms with Gasteiger partial charge in [-0.1, -0.05) is 35.9 Å². The Hall–Kier alpha value is -3.32. The molecule has 33 heavy (non-hydrogen) atoms. The van der Waals surface area contributed by atoms with Gasteiger partial charge in [0.2, 0.25) is 0 Å². The molecule has 1 saturated heterocycles. The van der Waals surface area contributed by atoms with E-state index in [1.807, 2.05) is 31.2 Å². The Morgan fingerprint density at radius 2 is 1.73 bits per heavy atom. The molecule has 2 heterocycles. The highest BCUT2D eigenvalue weighted by atomic mass is 19.2. The fraction of sp³-hybridized carbons (Fsp3) is 0.308. The minimum Gasteiger partial charge on any atom is -0.349 e. The molecule has 1 amide bonds. The summed E-state index contributed by atoms with van der Waals surface area (Å²) in [5, 5.41) is 2.99. The predicted molar refractivity (Wildman–Crippen MR) is 123 cm³/mol. The molecule has 1 fully saturated rings. The Morgan fingerprint density at radius 1 is 0.970 bits per heavy atom. The lowest BCUT2D eigenvalue weighted by Crippen LogP contribution is -2.45. The molecule has 7 heteroatoms. The number of pyridine rings is 1. The van der Waals surface area contributed by atoms with Gasteiger partial charge in [0, 0.05) is 31.9 Å². The van der Waals surface area contributed by atoms with Crippen LogP contribution in [0.5, 0.6) is 0 Å². The summed E-state index contributed by atoms with van der Waals surface area (Å²) in [5.74, 6) is -2.05. The van der Waals surface area contributed by atoms with E-state index in [-0.39, 0.29) is 23.1 Å². The molecule has 0 bridgehead atoms. The molecule has 1 N–H and O–H groups in total. The summed E-state index contributed by atoms with van der Waals surface area (Å²) in [6.45, 7) is 4.37. The normalized spacial score (nSPS) is 14.9. The van der Waals surface area contributed by atoms with E-state index in [1.54, 1.807) is 29.0 Å². The fourth-order valence-corrected chi connectivity index (χ4v) is 4.24. The number of piperidine rings is 1. The van der Waals surface area contributed by atoms with Crippen LogP contribution in [-0.4, -0.2) is 34.5 Å². The highest BCUT2D eigenvalue weighted by molar-refractivity contribution is 5.94. The van der Waals surface area contributed by atoms with Gasteiger partial charge in [-0.25, -0.2) is 8.78 Å². The van der Waals surface area contributed by atoms with E-state index in [4.69, 9.17) is 0 Å². The van der Waals surface area contributed by atoms with Crippen LogP contribution in [-0.2, 0) is 13.1 Å². The number of carbonyl (C=O) groups is 1. The first-order valence-electron chi connectivity index (χ1n) is 11.1. The summed E-state index contributed by atoms with van der Waals surface area (Å²) < 4.78 is 28.1. The first kappa shape index (κ1) is 22.9. The van der Waals surface area contributed by atoms with Gasteiger partial charge in [-0.2, -0.15) is 0 Å². The minimum atomic E-state index is -0.848. The van der Waals surface area contributed by atoms with Crippen LogP contribution in [0.3, 0.4) is 0 Å². The highest BCUT2D eigenvalue weighted by Crippen LogP contribution is 2.16. The van der Waals surface area contributed by atoms with Crippen molar-refractivity contribution in [2.75, 3.05) is 13.1 Å². The number of aryl methyl sites for hydroxylation is 1. The Balaban J connectivity index is 1.34. The van der Waals surface area contributed by atoms with Crippen molar-refractivity contribution in [2.24, 2.45) is 0 Å². The number of halogens is 2. The molecule has 0 unspecified atom stereocenters. The zero-order valence-corrected chi connectivity index (χ0v) is 18.6. The van der Waals surface area contributed by atoms with Crippen molar-refractivity contribution in [3.05, 3.63) is 105 Å². The van der Waals surface area contributed by atoms with Gasteiger partial charge in [0.05, 0.1) is 6.54 Å². The van der Waals surface area contributed by atoms with Gasteiger partial charge in [-0.3, -0.25) is 14.5 Å². The van der Waals surface area contributed by atoms with Gasteiger partial charge in [0.15, 0.2) is 11.6 Å². The molecule has 2 aromatic carbocycles. The number of hydrogen-bond acceptors (Lipinski definition) is 3. The molecule has 0 aliphatic carbocycles. The van der Waals surface area contributed by atoms with Crippen LogP contribution < -0.4 is 10.9 Å². The second kappa shape index (κ2) is 10.1. The summed E-state index contributed by atoms with van der Waals surface area (Å²) >= 11 is 0. The molecule has 5 nitrogen and oxygen atoms in total. The Bertz CT molecular complexity index is 1200. The smallest absolute Gasteiger partial charge is 0.263 e. The SMILES string of the molecule is Cc1cccc(Cn2cccc(C(=O)NC3CCN(Cc4ccc(F)c(F)c4)CC3)c2=O)c1. The average molecular weight is 452 g/mol. The van der Waals surface area contributed by atoms with Gasteiger partial charge in [-0.05, 0) is 55.2 Å². The third-order valence-corrected chi connectivity index (χ3v) is 6.01. The lowest BCUT2D eigenvalue weighted by atomic mass is 10.0. The topological polar surface area (TPSA) is 54.3 Å². The van der Waals surface area contributed by atoms with Crippen molar-refractivity contribution in [1.29, 1.82) is 0 Å². The Labute approximate surface area is 191 Å². The largest absolute Gasteiger partial charge is 0.349 e. The first-order chi connectivity index (χ1) is 15.9. The number of amides is 1. The van der Waals surface area contributed by atoms with E-state index in [1.165, 1.54) is 6.07 Å². The van der Waals surface area contributed by atoms with Crippen LogP contribution >= 0.6 is 0 Å². The molecule has 0 saturated carbocycles. The number of likely N-dealkylation sites (tertiary alicyclic amines) is 1. The van der Waals surface area contributed by atoms with Crippen LogP contribution in [0, 0.1) is 18.6 Å². The van der Waals surface area contributed by atoms with Gasteiger partial charge in [0.25, 0.3) is 11.5 Å². The molecule has 172 valence electrons. The number of hydrogen-bond donors (Lipinski definition) is 1. The molecule has 1 aliphatic rings. The monoisotopic (exact) mass is 451 g/mol. The maximum atomic E-state index is 13.4. The third-order valence-electron chi connectivity index (χ3n) is 6.01. The molecule has 0 radical (unpaired) electrons. The number of aromatic nitrogens is 1. The maximum absolute atomic E-state index is 13.4. The van der Waals surface area contributed by atoms with E-state index in [9.17, 15) is 18.4 Å². The van der Waals surface area contributed by atoms with Crippen LogP contribution in [0.4, 0.5) is 8.78 Å². The Morgan fingerprint density at radius 3 is 2.45 bits per heavy atom. The van der Waals surface area contributed by atoms with E-state index < -0.39 is 11.6 Å². The van der Waals surface area contributed by atoms with E-state index in [2.05, 4.69) is 10.2 Å². The van der Waals surface area contributed by atoms with Crippen LogP contribution in [0.25, 0.3) is 0 Å². The summed E-state index contributed by atoms with van der Waals surface area (Å²) in [6, 6.07) is 15.1. The summed E-state index contributed by atoms with van der Waals surface area (Å²) in [4.78, 5) is 27.8. The van der Waals surface area contributed by atoms with Gasteiger partial charge in [0.1, 0.15) is 5.56 Å². The molecule has 1 aromatic heterocycles. The zero-order chi connectivity index (χ0) is 23.4. The number of rotatable bonds is 6. The highest BCUT2D eigenvalue weighted by Gasteiger charge is 2.23. The predicted octanol–water partition coefficient (Wildman–Crippen LogP) is 3.88. The van der Waals surface area contributed by atoms with E-state index >= 15 is 0 Å². The van der Waals surface area contributed by atoms with Crippen LogP contribution in [0.1, 0.15) is 39.9 Å². The summed E-state index contributed by atoms with van der Waals surface area (Å²) in [6.07, 6.45) is 3.14. The molecule has 4 rings (SSSR count). The molecular weight excluding hydrogens is 424 g/mol. The Kier molecular flexibility index (Phi) is 6.99. The number of benzene rings is 2. The second-order valence-corrected chi connectivity index (χ2v) is 8.62. The molecule has 3 aromatic rings. The quantitative estimate of drug-likeness (QED) is 0.619. The summed E-state index contributed by atoms with van der Waals surface area (Å²) in [7, 11) is 0. The minimum absolute atomic E-state index is 0.0384. The second-order valence-electron chi connectivity index (χ2n) is 8.62. The third kappa shape index (κ3) is 5.73. The molecule has 1 aliphatic heterocycles. The lowest BCUT2D eigenvalue weighted by molar-refractivity contribution is 0.0906. The lowest BCUT2D eigenvalue weighted by Gasteiger charge is -2.32. The van der Waals surface area contributed by atoms with Crippen molar-refractivity contribution < 1.29 is 13.6 Å². The van der Waals surface area contributed by atoms with E-state index in [0.717, 1.165) is 48.7 Å². The van der Waals surface area contributed by atoms with E-state index in [0.29, 0.717) is 13.1 Å². The van der Waals surface area contributed by atoms with Crippen molar-refractivity contribution in [2.45, 2.75) is 38.9 Å². The number of carbonyl (C=O) groups excluding carboxylic acids is 1. The van der Waals surface area contributed by atoms with Crippen molar-refractivity contribution in [3.63, 3.8) is 0 Å². The maximum Gasteiger partial charge on any atom is 0.263 e. The summed E-state index contributed by atoms with van der Waals surface area (Å²) in [5.41, 5.74) is 2.66. The van der Waals surface area contributed by atoms with Gasteiger partial charge in [-0.15, -0.1) is 0 Å². The van der Waals surface area contributed by atoms with Crippen molar-refractivity contribution >= 4 is 5.91 Å². The fourth-order valence-electron chi connectivity index (χ4n) is 4.24. The van der Waals surface area contributed by atoms with Crippen LogP contribution in [0.15, 0.2) is 65.6 Å². The first-order valence-corrected chi connectivity index (χ1v) is 11.1. The average Bonchev–Trinajstić information content (AvgIpc) is 2.79. The van der Waals surface area contributed by atoms with Gasteiger partial charge >= 0.3 is 0 Å². The van der Waals surface area contributed by atoms with Gasteiger partial charge < -0.3 is 9.88 Å². The molecular formula is C26H27F2N3O2. The number of nitrogens with one attached hydrogen (secondary N) is 1. The molecule has 0 spiro atoms. The van der Waals surface area contributed by atoms with Crippen molar-refractivity contribution in [3.8, 4) is 0 Å². The standard InChI is InChI=1S/C26H27F2N3O2/c1-18-4-2-5-19(14-18)17-31-11-3-6-22(26(31)33)25(32)29-21-9-12-30(13-10-21)16-20-7-8-23(27)24(28)15-20/h2-8,11,14-15,21H,9-10,12-13,16-17H2,1H3,(H,29,32).